The highest BCUT2D eigenvalue weighted by Crippen LogP contribution is 2.24. The minimum atomic E-state index is -0.686. The summed E-state index contributed by atoms with van der Waals surface area (Å²) in [6, 6.07) is 20.8. The summed E-state index contributed by atoms with van der Waals surface area (Å²) in [5.74, 6) is 0.320. The van der Waals surface area contributed by atoms with Crippen molar-refractivity contribution in [2.75, 3.05) is 0 Å². The second-order valence-corrected chi connectivity index (χ2v) is 6.19. The van der Waals surface area contributed by atoms with Crippen molar-refractivity contribution in [2.24, 2.45) is 0 Å². The summed E-state index contributed by atoms with van der Waals surface area (Å²) < 4.78 is 7.84. The van der Waals surface area contributed by atoms with E-state index in [0.29, 0.717) is 16.9 Å². The average Bonchev–Trinajstić information content (AvgIpc) is 2.96. The lowest BCUT2D eigenvalue weighted by Gasteiger charge is -2.15. The molecule has 1 atom stereocenters. The highest BCUT2D eigenvalue weighted by atomic mass is 16.5. The first-order valence-electron chi connectivity index (χ1n) is 8.47. The third kappa shape index (κ3) is 3.25. The number of Topliss-reactive ketones (excluding diaryl/α,β-unsaturated/α-hetero) is 1. The van der Waals surface area contributed by atoms with Gasteiger partial charge in [-0.15, -0.1) is 0 Å². The molecule has 0 saturated heterocycles. The van der Waals surface area contributed by atoms with E-state index in [9.17, 15) is 10.1 Å². The van der Waals surface area contributed by atoms with E-state index < -0.39 is 6.10 Å². The van der Waals surface area contributed by atoms with Crippen molar-refractivity contribution in [3.8, 4) is 17.5 Å². The lowest BCUT2D eigenvalue weighted by Crippen LogP contribution is -2.24. The Morgan fingerprint density at radius 2 is 1.73 bits per heavy atom. The first kappa shape index (κ1) is 17.5. The van der Waals surface area contributed by atoms with Crippen molar-refractivity contribution in [3.63, 3.8) is 0 Å². The molecule has 0 spiro atoms. The topological polar surface area (TPSA) is 55.0 Å². The largest absolute Gasteiger partial charge is 0.481 e. The Morgan fingerprint density at radius 3 is 2.42 bits per heavy atom. The number of nitrogens with zero attached hydrogens (tertiary/aromatic N) is 2. The van der Waals surface area contributed by atoms with E-state index in [4.69, 9.17) is 4.74 Å². The molecule has 0 fully saturated rings. The fraction of sp³-hybridized carbons (Fsp3) is 0.182. The van der Waals surface area contributed by atoms with Crippen molar-refractivity contribution in [1.82, 2.24) is 4.57 Å². The van der Waals surface area contributed by atoms with E-state index in [2.05, 4.69) is 10.6 Å². The zero-order valence-electron chi connectivity index (χ0n) is 15.1. The van der Waals surface area contributed by atoms with Gasteiger partial charge < -0.3 is 9.30 Å². The van der Waals surface area contributed by atoms with Crippen molar-refractivity contribution in [2.45, 2.75) is 26.9 Å². The van der Waals surface area contributed by atoms with Crippen LogP contribution in [0.5, 0.6) is 5.75 Å². The predicted molar refractivity (Wildman–Crippen MR) is 101 cm³/mol. The monoisotopic (exact) mass is 344 g/mol. The fourth-order valence-corrected chi connectivity index (χ4v) is 3.11. The first-order chi connectivity index (χ1) is 12.5. The summed E-state index contributed by atoms with van der Waals surface area (Å²) in [7, 11) is 0. The number of carbonyl (C=O) groups is 1. The van der Waals surface area contributed by atoms with Gasteiger partial charge in [-0.1, -0.05) is 30.3 Å². The Morgan fingerprint density at radius 1 is 1.08 bits per heavy atom. The van der Waals surface area contributed by atoms with Crippen LogP contribution >= 0.6 is 0 Å². The molecule has 2 aromatic carbocycles. The normalized spacial score (nSPS) is 11.6. The number of benzene rings is 2. The minimum Gasteiger partial charge on any atom is -0.481 e. The molecule has 3 rings (SSSR count). The van der Waals surface area contributed by atoms with Gasteiger partial charge in [-0.05, 0) is 51.1 Å². The molecule has 0 amide bonds. The fourth-order valence-electron chi connectivity index (χ4n) is 3.11. The minimum absolute atomic E-state index is 0.104. The second-order valence-electron chi connectivity index (χ2n) is 6.19. The first-order valence-corrected chi connectivity index (χ1v) is 8.47. The van der Waals surface area contributed by atoms with Crippen molar-refractivity contribution in [1.29, 1.82) is 5.26 Å². The van der Waals surface area contributed by atoms with Crippen LogP contribution in [0, 0.1) is 25.2 Å². The predicted octanol–water partition coefficient (Wildman–Crippen LogP) is 4.62. The highest BCUT2D eigenvalue weighted by molar-refractivity contribution is 6.01. The van der Waals surface area contributed by atoms with Crippen LogP contribution in [-0.4, -0.2) is 16.5 Å². The lowest BCUT2D eigenvalue weighted by atomic mass is 10.1. The third-order valence-electron chi connectivity index (χ3n) is 4.39. The van der Waals surface area contributed by atoms with Gasteiger partial charge in [0.25, 0.3) is 0 Å². The van der Waals surface area contributed by atoms with Gasteiger partial charge in [0.2, 0.25) is 5.78 Å². The average molecular weight is 344 g/mol. The van der Waals surface area contributed by atoms with Gasteiger partial charge in [-0.3, -0.25) is 4.79 Å². The van der Waals surface area contributed by atoms with E-state index in [0.717, 1.165) is 17.1 Å². The quantitative estimate of drug-likeness (QED) is 0.635. The Bertz CT molecular complexity index is 981. The summed E-state index contributed by atoms with van der Waals surface area (Å²) in [4.78, 5) is 12.9. The standard InChI is InChI=1S/C22H20N2O2/c1-15-13-20(16(2)24(15)19-10-5-4-6-11-19)22(25)17(3)26-21-12-8-7-9-18(21)14-23/h4-13,17H,1-3H3/t17-/m0/s1. The maximum Gasteiger partial charge on any atom is 0.204 e. The number of rotatable bonds is 5. The highest BCUT2D eigenvalue weighted by Gasteiger charge is 2.23. The molecule has 26 heavy (non-hydrogen) atoms. The number of para-hydroxylation sites is 2. The van der Waals surface area contributed by atoms with Crippen LogP contribution in [0.25, 0.3) is 5.69 Å². The summed E-state index contributed by atoms with van der Waals surface area (Å²) >= 11 is 0. The Kier molecular flexibility index (Phi) is 4.90. The molecule has 0 bridgehead atoms. The number of aryl methyl sites for hydroxylation is 1. The second kappa shape index (κ2) is 7.28. The van der Waals surface area contributed by atoms with E-state index in [-0.39, 0.29) is 5.78 Å². The number of ether oxygens (including phenoxy) is 1. The number of nitriles is 1. The molecule has 0 aliphatic heterocycles. The summed E-state index contributed by atoms with van der Waals surface area (Å²) in [5.41, 5.74) is 3.93. The van der Waals surface area contributed by atoms with Crippen LogP contribution in [0.3, 0.4) is 0 Å². The molecule has 0 saturated carbocycles. The Balaban J connectivity index is 1.90. The molecule has 3 aromatic rings. The number of hydrogen-bond acceptors (Lipinski definition) is 3. The molecule has 0 radical (unpaired) electrons. The molecule has 4 heteroatoms. The molecule has 4 nitrogen and oxygen atoms in total. The van der Waals surface area contributed by atoms with Gasteiger partial charge >= 0.3 is 0 Å². The molecule has 1 aromatic heterocycles. The van der Waals surface area contributed by atoms with Gasteiger partial charge in [-0.25, -0.2) is 0 Å². The van der Waals surface area contributed by atoms with Gasteiger partial charge in [0.15, 0.2) is 6.10 Å². The molecular weight excluding hydrogens is 324 g/mol. The SMILES string of the molecule is Cc1cc(C(=O)[C@H](C)Oc2ccccc2C#N)c(C)n1-c1ccccc1. The smallest absolute Gasteiger partial charge is 0.204 e. The third-order valence-corrected chi connectivity index (χ3v) is 4.39. The number of ketones is 1. The maximum absolute atomic E-state index is 12.9. The van der Waals surface area contributed by atoms with E-state index in [1.54, 1.807) is 31.2 Å². The van der Waals surface area contributed by atoms with Gasteiger partial charge in [0, 0.05) is 22.6 Å². The number of carbonyl (C=O) groups excluding carboxylic acids is 1. The van der Waals surface area contributed by atoms with Crippen LogP contribution < -0.4 is 4.74 Å². The summed E-state index contributed by atoms with van der Waals surface area (Å²) in [6.07, 6.45) is -0.686. The van der Waals surface area contributed by atoms with Crippen LogP contribution in [0.15, 0.2) is 60.7 Å². The summed E-state index contributed by atoms with van der Waals surface area (Å²) in [6.45, 7) is 5.63. The Labute approximate surface area is 153 Å². The molecule has 0 aliphatic carbocycles. The van der Waals surface area contributed by atoms with Crippen molar-refractivity contribution < 1.29 is 9.53 Å². The van der Waals surface area contributed by atoms with E-state index in [1.165, 1.54) is 0 Å². The van der Waals surface area contributed by atoms with Crippen LogP contribution in [-0.2, 0) is 0 Å². The molecule has 1 heterocycles. The molecule has 0 unspecified atom stereocenters. The van der Waals surface area contributed by atoms with E-state index >= 15 is 0 Å². The maximum atomic E-state index is 12.9. The van der Waals surface area contributed by atoms with Crippen molar-refractivity contribution in [3.05, 3.63) is 83.2 Å². The van der Waals surface area contributed by atoms with E-state index in [1.807, 2.05) is 50.2 Å². The molecular formula is C22H20N2O2. The Hall–Kier alpha value is -3.32. The van der Waals surface area contributed by atoms with Crippen LogP contribution in [0.1, 0.15) is 34.2 Å². The zero-order valence-corrected chi connectivity index (χ0v) is 15.1. The lowest BCUT2D eigenvalue weighted by molar-refractivity contribution is 0.0817. The van der Waals surface area contributed by atoms with Crippen LogP contribution in [0.2, 0.25) is 0 Å². The molecule has 0 aliphatic rings. The molecule has 0 N–H and O–H groups in total. The summed E-state index contributed by atoms with van der Waals surface area (Å²) in [5, 5.41) is 9.18. The van der Waals surface area contributed by atoms with Crippen LogP contribution in [0.4, 0.5) is 0 Å². The van der Waals surface area contributed by atoms with Crippen molar-refractivity contribution >= 4 is 5.78 Å². The van der Waals surface area contributed by atoms with Gasteiger partial charge in [0.05, 0.1) is 5.56 Å². The zero-order chi connectivity index (χ0) is 18.7. The molecule has 130 valence electrons. The number of aromatic nitrogens is 1. The van der Waals surface area contributed by atoms with Gasteiger partial charge in [0.1, 0.15) is 11.8 Å². The van der Waals surface area contributed by atoms with Gasteiger partial charge in [-0.2, -0.15) is 5.26 Å². The number of hydrogen-bond donors (Lipinski definition) is 0.